The first-order valence-corrected chi connectivity index (χ1v) is 9.30. The van der Waals surface area contributed by atoms with Crippen molar-refractivity contribution in [1.82, 2.24) is 30.4 Å². The maximum atomic E-state index is 12.1. The minimum atomic E-state index is -0.531. The second-order valence-electron chi connectivity index (χ2n) is 5.64. The monoisotopic (exact) mass is 372 g/mol. The van der Waals surface area contributed by atoms with Gasteiger partial charge in [0.2, 0.25) is 11.1 Å². The van der Waals surface area contributed by atoms with Crippen LogP contribution in [0.1, 0.15) is 20.8 Å². The molecule has 1 aromatic carbocycles. The summed E-state index contributed by atoms with van der Waals surface area (Å²) >= 11 is 1.17. The van der Waals surface area contributed by atoms with Gasteiger partial charge in [0.1, 0.15) is 5.52 Å². The number of para-hydroxylation sites is 1. The van der Waals surface area contributed by atoms with Gasteiger partial charge in [0, 0.05) is 18.5 Å². The van der Waals surface area contributed by atoms with Crippen molar-refractivity contribution in [2.45, 2.75) is 37.7 Å². The SMILES string of the molecule is CCNC(=O)NC(=O)[C@H](C)Sc1nnc2c3ccccc3n(CC)c2n1. The number of nitrogens with zero attached hydrogens (tertiary/aromatic N) is 4. The lowest BCUT2D eigenvalue weighted by molar-refractivity contribution is -0.119. The highest BCUT2D eigenvalue weighted by molar-refractivity contribution is 8.00. The number of aromatic nitrogens is 4. The summed E-state index contributed by atoms with van der Waals surface area (Å²) in [7, 11) is 0. The van der Waals surface area contributed by atoms with Crippen LogP contribution in [0.25, 0.3) is 22.1 Å². The van der Waals surface area contributed by atoms with E-state index in [1.807, 2.05) is 31.2 Å². The number of hydrogen-bond donors (Lipinski definition) is 2. The number of benzene rings is 1. The number of amides is 3. The number of rotatable bonds is 5. The summed E-state index contributed by atoms with van der Waals surface area (Å²) in [5.74, 6) is -0.402. The lowest BCUT2D eigenvalue weighted by Crippen LogP contribution is -2.42. The normalized spacial score (nSPS) is 12.3. The first-order chi connectivity index (χ1) is 12.5. The molecule has 8 nitrogen and oxygen atoms in total. The third-order valence-electron chi connectivity index (χ3n) is 3.90. The Morgan fingerprint density at radius 3 is 2.73 bits per heavy atom. The molecule has 3 amide bonds. The summed E-state index contributed by atoms with van der Waals surface area (Å²) in [6.45, 7) is 6.72. The predicted octanol–water partition coefficient (Wildman–Crippen LogP) is 2.33. The van der Waals surface area contributed by atoms with E-state index in [9.17, 15) is 9.59 Å². The van der Waals surface area contributed by atoms with Crippen LogP contribution in [0, 0.1) is 0 Å². The van der Waals surface area contributed by atoms with Gasteiger partial charge in [-0.15, -0.1) is 10.2 Å². The third kappa shape index (κ3) is 3.48. The van der Waals surface area contributed by atoms with Crippen LogP contribution in [0.4, 0.5) is 4.79 Å². The first kappa shape index (κ1) is 18.1. The van der Waals surface area contributed by atoms with Crippen molar-refractivity contribution in [3.05, 3.63) is 24.3 Å². The number of thioether (sulfide) groups is 1. The number of imide groups is 1. The van der Waals surface area contributed by atoms with Crippen molar-refractivity contribution in [2.24, 2.45) is 0 Å². The smallest absolute Gasteiger partial charge is 0.321 e. The molecule has 2 aromatic heterocycles. The average Bonchev–Trinajstić information content (AvgIpc) is 2.94. The zero-order chi connectivity index (χ0) is 18.7. The number of fused-ring (bicyclic) bond motifs is 3. The van der Waals surface area contributed by atoms with E-state index in [0.717, 1.165) is 28.6 Å². The molecule has 3 aromatic rings. The highest BCUT2D eigenvalue weighted by Gasteiger charge is 2.20. The fourth-order valence-electron chi connectivity index (χ4n) is 2.69. The minimum Gasteiger partial charge on any atom is -0.338 e. The maximum Gasteiger partial charge on any atom is 0.321 e. The van der Waals surface area contributed by atoms with Gasteiger partial charge in [-0.1, -0.05) is 30.0 Å². The third-order valence-corrected chi connectivity index (χ3v) is 4.85. The topological polar surface area (TPSA) is 102 Å². The summed E-state index contributed by atoms with van der Waals surface area (Å²) in [6, 6.07) is 7.45. The Bertz CT molecular complexity index is 970. The maximum absolute atomic E-state index is 12.1. The molecule has 9 heteroatoms. The number of carbonyl (C=O) groups excluding carboxylic acids is 2. The predicted molar refractivity (Wildman–Crippen MR) is 101 cm³/mol. The van der Waals surface area contributed by atoms with Crippen LogP contribution < -0.4 is 10.6 Å². The highest BCUT2D eigenvalue weighted by atomic mass is 32.2. The molecule has 0 aliphatic rings. The van der Waals surface area contributed by atoms with E-state index in [1.165, 1.54) is 11.8 Å². The fraction of sp³-hybridized carbons (Fsp3) is 0.353. The number of hydrogen-bond acceptors (Lipinski definition) is 6. The lowest BCUT2D eigenvalue weighted by atomic mass is 10.2. The molecule has 1 atom stereocenters. The summed E-state index contributed by atoms with van der Waals surface area (Å²) in [4.78, 5) is 28.1. The summed E-state index contributed by atoms with van der Waals surface area (Å²) in [5.41, 5.74) is 2.53. The van der Waals surface area contributed by atoms with E-state index in [-0.39, 0.29) is 0 Å². The van der Waals surface area contributed by atoms with Gasteiger partial charge in [-0.05, 0) is 26.8 Å². The van der Waals surface area contributed by atoms with Crippen LogP contribution in [0.3, 0.4) is 0 Å². The molecule has 0 bridgehead atoms. The molecule has 0 saturated carbocycles. The Labute approximate surface area is 154 Å². The molecule has 0 fully saturated rings. The molecule has 0 unspecified atom stereocenters. The van der Waals surface area contributed by atoms with Crippen molar-refractivity contribution in [3.63, 3.8) is 0 Å². The van der Waals surface area contributed by atoms with Gasteiger partial charge in [0.05, 0.1) is 10.8 Å². The molecule has 0 aliphatic carbocycles. The van der Waals surface area contributed by atoms with Crippen LogP contribution in [-0.2, 0) is 11.3 Å². The summed E-state index contributed by atoms with van der Waals surface area (Å²) in [5, 5.41) is 14.1. The van der Waals surface area contributed by atoms with Crippen molar-refractivity contribution in [2.75, 3.05) is 6.54 Å². The Balaban J connectivity index is 1.86. The molecular weight excluding hydrogens is 352 g/mol. The van der Waals surface area contributed by atoms with E-state index >= 15 is 0 Å². The average molecular weight is 372 g/mol. The van der Waals surface area contributed by atoms with Crippen molar-refractivity contribution < 1.29 is 9.59 Å². The van der Waals surface area contributed by atoms with Gasteiger partial charge < -0.3 is 9.88 Å². The standard InChI is InChI=1S/C17H20N6O2S/c1-4-18-16(25)20-15(24)10(3)26-17-19-14-13(21-22-17)11-8-6-7-9-12(11)23(14)5-2/h6-10H,4-5H2,1-3H3,(H2,18,20,24,25)/t10-/m0/s1. The van der Waals surface area contributed by atoms with Crippen LogP contribution in [0.2, 0.25) is 0 Å². The number of nitrogens with one attached hydrogen (secondary N) is 2. The zero-order valence-electron chi connectivity index (χ0n) is 14.8. The second kappa shape index (κ2) is 7.69. The molecule has 26 heavy (non-hydrogen) atoms. The molecule has 0 saturated heterocycles. The van der Waals surface area contributed by atoms with Gasteiger partial charge in [-0.2, -0.15) is 0 Å². The molecule has 0 radical (unpaired) electrons. The molecular formula is C17H20N6O2S. The van der Waals surface area contributed by atoms with Crippen LogP contribution in [-0.4, -0.2) is 43.5 Å². The number of aryl methyl sites for hydroxylation is 1. The Hall–Kier alpha value is -2.68. The lowest BCUT2D eigenvalue weighted by Gasteiger charge is -2.10. The van der Waals surface area contributed by atoms with Gasteiger partial charge >= 0.3 is 6.03 Å². The fourth-order valence-corrected chi connectivity index (χ4v) is 3.40. The summed E-state index contributed by atoms with van der Waals surface area (Å²) in [6.07, 6.45) is 0. The van der Waals surface area contributed by atoms with Crippen LogP contribution in [0.5, 0.6) is 0 Å². The highest BCUT2D eigenvalue weighted by Crippen LogP contribution is 2.27. The molecule has 0 spiro atoms. The quantitative estimate of drug-likeness (QED) is 0.667. The van der Waals surface area contributed by atoms with Gasteiger partial charge in [0.25, 0.3) is 0 Å². The first-order valence-electron chi connectivity index (χ1n) is 8.42. The minimum absolute atomic E-state index is 0.397. The largest absolute Gasteiger partial charge is 0.338 e. The van der Waals surface area contributed by atoms with Gasteiger partial charge in [0.15, 0.2) is 5.65 Å². The zero-order valence-corrected chi connectivity index (χ0v) is 15.6. The van der Waals surface area contributed by atoms with E-state index in [2.05, 4.69) is 30.4 Å². The Morgan fingerprint density at radius 2 is 2.00 bits per heavy atom. The van der Waals surface area contributed by atoms with E-state index < -0.39 is 17.2 Å². The van der Waals surface area contributed by atoms with Crippen molar-refractivity contribution >= 4 is 45.8 Å². The number of carbonyl (C=O) groups is 2. The second-order valence-corrected chi connectivity index (χ2v) is 6.94. The van der Waals surface area contributed by atoms with Crippen molar-refractivity contribution in [1.29, 1.82) is 0 Å². The van der Waals surface area contributed by atoms with Gasteiger partial charge in [-0.25, -0.2) is 9.78 Å². The number of urea groups is 1. The molecule has 136 valence electrons. The van der Waals surface area contributed by atoms with E-state index in [4.69, 9.17) is 0 Å². The van der Waals surface area contributed by atoms with Crippen LogP contribution in [0.15, 0.2) is 29.4 Å². The van der Waals surface area contributed by atoms with Crippen molar-refractivity contribution in [3.8, 4) is 0 Å². The molecule has 0 aliphatic heterocycles. The van der Waals surface area contributed by atoms with Gasteiger partial charge in [-0.3, -0.25) is 10.1 Å². The summed E-state index contributed by atoms with van der Waals surface area (Å²) < 4.78 is 2.07. The Kier molecular flexibility index (Phi) is 5.36. The molecule has 2 N–H and O–H groups in total. The van der Waals surface area contributed by atoms with E-state index in [0.29, 0.717) is 11.7 Å². The van der Waals surface area contributed by atoms with Crippen LogP contribution >= 0.6 is 11.8 Å². The molecule has 2 heterocycles. The Morgan fingerprint density at radius 1 is 1.23 bits per heavy atom. The van der Waals surface area contributed by atoms with E-state index in [1.54, 1.807) is 13.8 Å². The molecule has 3 rings (SSSR count).